The van der Waals surface area contributed by atoms with Gasteiger partial charge in [0.05, 0.1) is 0 Å². The van der Waals surface area contributed by atoms with Crippen molar-refractivity contribution in [1.82, 2.24) is 10.6 Å². The van der Waals surface area contributed by atoms with Crippen LogP contribution >= 0.6 is 0 Å². The topological polar surface area (TPSA) is 50.4 Å². The lowest BCUT2D eigenvalue weighted by Crippen LogP contribution is -2.54. The third-order valence-corrected chi connectivity index (χ3v) is 4.24. The lowest BCUT2D eigenvalue weighted by Gasteiger charge is -2.35. The van der Waals surface area contributed by atoms with Crippen molar-refractivity contribution in [2.24, 2.45) is 5.92 Å². The summed E-state index contributed by atoms with van der Waals surface area (Å²) in [6, 6.07) is 0. The molecule has 0 aliphatic carbocycles. The zero-order valence-corrected chi connectivity index (χ0v) is 15.1. The Kier molecular flexibility index (Phi) is 8.95. The lowest BCUT2D eigenvalue weighted by molar-refractivity contribution is 0.0506. The Morgan fingerprint density at radius 3 is 1.95 bits per heavy atom. The van der Waals surface area contributed by atoms with Crippen molar-refractivity contribution in [2.75, 3.05) is 13.1 Å². The van der Waals surface area contributed by atoms with Gasteiger partial charge in [-0.05, 0) is 46.1 Å². The monoisotopic (exact) mass is 300 g/mol. The summed E-state index contributed by atoms with van der Waals surface area (Å²) < 4.78 is 5.31. The highest BCUT2D eigenvalue weighted by atomic mass is 16.6. The Morgan fingerprint density at radius 2 is 1.57 bits per heavy atom. The minimum absolute atomic E-state index is 0.0422. The van der Waals surface area contributed by atoms with E-state index in [1.165, 1.54) is 12.8 Å². The lowest BCUT2D eigenvalue weighted by atomic mass is 9.91. The molecule has 21 heavy (non-hydrogen) atoms. The number of alkyl carbamates (subject to hydrolysis) is 1. The van der Waals surface area contributed by atoms with E-state index in [1.807, 2.05) is 20.8 Å². The Morgan fingerprint density at radius 1 is 1.05 bits per heavy atom. The van der Waals surface area contributed by atoms with Crippen LogP contribution in [0.3, 0.4) is 0 Å². The van der Waals surface area contributed by atoms with E-state index in [0.29, 0.717) is 12.5 Å². The normalized spacial score (nSPS) is 12.6. The number of hydrogen-bond acceptors (Lipinski definition) is 3. The number of carbonyl (C=O) groups excluding carboxylic acids is 1. The van der Waals surface area contributed by atoms with E-state index >= 15 is 0 Å². The number of nitrogens with one attached hydrogen (secondary N) is 2. The molecular weight excluding hydrogens is 264 g/mol. The van der Waals surface area contributed by atoms with Crippen LogP contribution in [0, 0.1) is 5.92 Å². The molecule has 4 nitrogen and oxygen atoms in total. The Labute approximate surface area is 131 Å². The Bertz CT molecular complexity index is 290. The van der Waals surface area contributed by atoms with Crippen LogP contribution in [-0.2, 0) is 4.74 Å². The van der Waals surface area contributed by atoms with E-state index < -0.39 is 5.60 Å². The maximum atomic E-state index is 11.8. The van der Waals surface area contributed by atoms with Gasteiger partial charge >= 0.3 is 6.09 Å². The van der Waals surface area contributed by atoms with Crippen LogP contribution in [0.5, 0.6) is 0 Å². The van der Waals surface area contributed by atoms with Crippen molar-refractivity contribution in [1.29, 1.82) is 0 Å². The molecule has 0 unspecified atom stereocenters. The highest BCUT2D eigenvalue weighted by Crippen LogP contribution is 2.17. The van der Waals surface area contributed by atoms with Crippen LogP contribution in [0.25, 0.3) is 0 Å². The number of ether oxygens (including phenoxy) is 1. The molecule has 0 rings (SSSR count). The molecule has 0 aliphatic rings. The molecule has 0 saturated carbocycles. The molecule has 126 valence electrons. The average molecular weight is 300 g/mol. The molecule has 0 fully saturated rings. The van der Waals surface area contributed by atoms with Crippen molar-refractivity contribution in [3.8, 4) is 0 Å². The molecule has 0 spiro atoms. The van der Waals surface area contributed by atoms with E-state index in [-0.39, 0.29) is 11.6 Å². The predicted molar refractivity (Wildman–Crippen MR) is 89.6 cm³/mol. The van der Waals surface area contributed by atoms with E-state index in [0.717, 1.165) is 19.4 Å². The first kappa shape index (κ1) is 20.2. The fourth-order valence-electron chi connectivity index (χ4n) is 2.31. The van der Waals surface area contributed by atoms with Crippen molar-refractivity contribution < 1.29 is 9.53 Å². The van der Waals surface area contributed by atoms with Gasteiger partial charge in [-0.1, -0.05) is 40.5 Å². The van der Waals surface area contributed by atoms with Crippen LogP contribution in [-0.4, -0.2) is 30.3 Å². The molecule has 0 heterocycles. The third-order valence-electron chi connectivity index (χ3n) is 4.24. The first-order valence-corrected chi connectivity index (χ1v) is 8.43. The SMILES string of the molecule is CCC(CC)CNC(CC)(CC)CNC(=O)OC(C)(C)C. The van der Waals surface area contributed by atoms with Gasteiger partial charge < -0.3 is 15.4 Å². The summed E-state index contributed by atoms with van der Waals surface area (Å²) in [6.07, 6.45) is 4.01. The summed E-state index contributed by atoms with van der Waals surface area (Å²) in [7, 11) is 0. The summed E-state index contributed by atoms with van der Waals surface area (Å²) in [5, 5.41) is 6.60. The van der Waals surface area contributed by atoms with Gasteiger partial charge in [0.15, 0.2) is 0 Å². The van der Waals surface area contributed by atoms with Gasteiger partial charge in [-0.25, -0.2) is 4.79 Å². The first-order chi connectivity index (χ1) is 9.71. The largest absolute Gasteiger partial charge is 0.444 e. The molecule has 0 aliphatic heterocycles. The Balaban J connectivity index is 4.49. The molecule has 0 saturated heterocycles. The number of amides is 1. The van der Waals surface area contributed by atoms with Gasteiger partial charge in [0.25, 0.3) is 0 Å². The molecule has 2 N–H and O–H groups in total. The molecule has 0 atom stereocenters. The summed E-state index contributed by atoms with van der Waals surface area (Å²) in [5.41, 5.74) is -0.492. The van der Waals surface area contributed by atoms with Crippen LogP contribution in [0.2, 0.25) is 0 Å². The maximum absolute atomic E-state index is 11.8. The molecule has 0 bridgehead atoms. The predicted octanol–water partition coefficient (Wildman–Crippen LogP) is 4.10. The highest BCUT2D eigenvalue weighted by molar-refractivity contribution is 5.67. The van der Waals surface area contributed by atoms with Gasteiger partial charge in [0.2, 0.25) is 0 Å². The van der Waals surface area contributed by atoms with Gasteiger partial charge in [-0.3, -0.25) is 0 Å². The highest BCUT2D eigenvalue weighted by Gasteiger charge is 2.27. The molecule has 0 aromatic heterocycles. The molecule has 0 radical (unpaired) electrons. The van der Waals surface area contributed by atoms with Gasteiger partial charge in [-0.15, -0.1) is 0 Å². The van der Waals surface area contributed by atoms with Crippen LogP contribution < -0.4 is 10.6 Å². The summed E-state index contributed by atoms with van der Waals surface area (Å²) in [6.45, 7) is 16.0. The standard InChI is InChI=1S/C17H36N2O2/c1-8-14(9-2)12-19-17(10-3,11-4)13-18-15(20)21-16(5,6)7/h14,19H,8-13H2,1-7H3,(H,18,20). The van der Waals surface area contributed by atoms with Crippen LogP contribution in [0.1, 0.15) is 74.1 Å². The van der Waals surface area contributed by atoms with Crippen LogP contribution in [0.4, 0.5) is 4.79 Å². The number of hydrogen-bond donors (Lipinski definition) is 2. The van der Waals surface area contributed by atoms with Crippen molar-refractivity contribution >= 4 is 6.09 Å². The zero-order valence-electron chi connectivity index (χ0n) is 15.1. The molecule has 4 heteroatoms. The second kappa shape index (κ2) is 9.29. The van der Waals surface area contributed by atoms with Gasteiger partial charge in [0, 0.05) is 12.1 Å². The molecule has 0 aromatic rings. The second-order valence-corrected chi connectivity index (χ2v) is 6.91. The number of carbonyl (C=O) groups is 1. The van der Waals surface area contributed by atoms with Crippen molar-refractivity contribution in [3.05, 3.63) is 0 Å². The summed E-state index contributed by atoms with van der Waals surface area (Å²) in [5.74, 6) is 0.698. The average Bonchev–Trinajstić information content (AvgIpc) is 2.42. The van der Waals surface area contributed by atoms with Crippen molar-refractivity contribution in [3.63, 3.8) is 0 Å². The molecule has 0 aromatic carbocycles. The number of rotatable bonds is 9. The van der Waals surface area contributed by atoms with E-state index in [9.17, 15) is 4.79 Å². The summed E-state index contributed by atoms with van der Waals surface area (Å²) in [4.78, 5) is 11.8. The maximum Gasteiger partial charge on any atom is 0.407 e. The third kappa shape index (κ3) is 8.30. The van der Waals surface area contributed by atoms with Crippen LogP contribution in [0.15, 0.2) is 0 Å². The second-order valence-electron chi connectivity index (χ2n) is 6.91. The minimum atomic E-state index is -0.450. The van der Waals surface area contributed by atoms with Gasteiger partial charge in [-0.2, -0.15) is 0 Å². The summed E-state index contributed by atoms with van der Waals surface area (Å²) >= 11 is 0. The van der Waals surface area contributed by atoms with E-state index in [2.05, 4.69) is 38.3 Å². The fraction of sp³-hybridized carbons (Fsp3) is 0.941. The van der Waals surface area contributed by atoms with Crippen molar-refractivity contribution in [2.45, 2.75) is 85.3 Å². The van der Waals surface area contributed by atoms with E-state index in [4.69, 9.17) is 4.74 Å². The first-order valence-electron chi connectivity index (χ1n) is 8.43. The minimum Gasteiger partial charge on any atom is -0.444 e. The molecule has 1 amide bonds. The molecular formula is C17H36N2O2. The fourth-order valence-corrected chi connectivity index (χ4v) is 2.31. The van der Waals surface area contributed by atoms with E-state index in [1.54, 1.807) is 0 Å². The quantitative estimate of drug-likeness (QED) is 0.674. The van der Waals surface area contributed by atoms with Gasteiger partial charge in [0.1, 0.15) is 5.60 Å². The zero-order chi connectivity index (χ0) is 16.5. The Hall–Kier alpha value is -0.770. The smallest absolute Gasteiger partial charge is 0.407 e.